The minimum absolute atomic E-state index is 0.178. The summed E-state index contributed by atoms with van der Waals surface area (Å²) in [6, 6.07) is 4.76. The molecule has 0 fully saturated rings. The number of anilines is 1. The van der Waals surface area contributed by atoms with Gasteiger partial charge in [-0.05, 0) is 38.5 Å². The topological polar surface area (TPSA) is 75.6 Å². The minimum atomic E-state index is -1.01. The van der Waals surface area contributed by atoms with E-state index in [1.54, 1.807) is 32.9 Å². The maximum atomic E-state index is 11.7. The Labute approximate surface area is 106 Å². The largest absolute Gasteiger partial charge is 0.478 e. The number of carbonyl (C=O) groups excluding carboxylic acids is 1. The molecule has 1 aromatic rings. The summed E-state index contributed by atoms with van der Waals surface area (Å²) < 4.78 is 5.15. The third-order valence-electron chi connectivity index (χ3n) is 2.52. The third-order valence-corrected chi connectivity index (χ3v) is 2.52. The molecule has 0 saturated heterocycles. The van der Waals surface area contributed by atoms with Crippen LogP contribution in [-0.2, 0) is 9.53 Å². The molecular weight excluding hydrogens is 234 g/mol. The predicted octanol–water partition coefficient (Wildman–Crippen LogP) is 2.06. The molecule has 1 atom stereocenters. The lowest BCUT2D eigenvalue weighted by Crippen LogP contribution is -2.27. The van der Waals surface area contributed by atoms with E-state index in [0.717, 1.165) is 0 Å². The van der Waals surface area contributed by atoms with Crippen LogP contribution in [0.5, 0.6) is 0 Å². The molecule has 0 aromatic heterocycles. The van der Waals surface area contributed by atoms with Crippen LogP contribution in [0.15, 0.2) is 18.2 Å². The molecule has 0 heterocycles. The number of carboxylic acid groups (broad SMARTS) is 1. The third kappa shape index (κ3) is 3.56. The fourth-order valence-corrected chi connectivity index (χ4v) is 1.50. The van der Waals surface area contributed by atoms with Gasteiger partial charge in [0, 0.05) is 12.3 Å². The van der Waals surface area contributed by atoms with Gasteiger partial charge in [0.05, 0.1) is 5.56 Å². The van der Waals surface area contributed by atoms with Crippen LogP contribution in [-0.4, -0.2) is 29.7 Å². The molecule has 2 N–H and O–H groups in total. The van der Waals surface area contributed by atoms with E-state index in [-0.39, 0.29) is 11.5 Å². The number of carbonyl (C=O) groups is 2. The Balaban J connectivity index is 2.82. The fraction of sp³-hybridized carbons (Fsp3) is 0.385. The van der Waals surface area contributed by atoms with Crippen LogP contribution in [0.25, 0.3) is 0 Å². The maximum absolute atomic E-state index is 11.7. The van der Waals surface area contributed by atoms with Gasteiger partial charge in [0.2, 0.25) is 0 Å². The highest BCUT2D eigenvalue weighted by atomic mass is 16.5. The quantitative estimate of drug-likeness (QED) is 0.839. The smallest absolute Gasteiger partial charge is 0.336 e. The van der Waals surface area contributed by atoms with Gasteiger partial charge in [-0.3, -0.25) is 4.79 Å². The summed E-state index contributed by atoms with van der Waals surface area (Å²) >= 11 is 0. The van der Waals surface area contributed by atoms with Crippen LogP contribution in [0.1, 0.15) is 29.8 Å². The molecule has 0 aliphatic heterocycles. The molecule has 0 spiro atoms. The lowest BCUT2D eigenvalue weighted by Gasteiger charge is -2.12. The first-order chi connectivity index (χ1) is 8.45. The molecule has 0 aliphatic carbocycles. The molecule has 0 saturated carbocycles. The second-order valence-corrected chi connectivity index (χ2v) is 3.92. The van der Waals surface area contributed by atoms with E-state index in [0.29, 0.717) is 17.9 Å². The molecule has 1 amide bonds. The van der Waals surface area contributed by atoms with Crippen LogP contribution in [0, 0.1) is 6.92 Å². The number of amides is 1. The lowest BCUT2D eigenvalue weighted by atomic mass is 10.1. The average molecular weight is 251 g/mol. The minimum Gasteiger partial charge on any atom is -0.478 e. The SMILES string of the molecule is CCOC(C)C(=O)Nc1ccc(C)c(C(=O)O)c1. The summed E-state index contributed by atoms with van der Waals surface area (Å²) in [7, 11) is 0. The van der Waals surface area contributed by atoms with E-state index in [1.807, 2.05) is 0 Å². The van der Waals surface area contributed by atoms with Crippen molar-refractivity contribution >= 4 is 17.6 Å². The Morgan fingerprint density at radius 1 is 1.44 bits per heavy atom. The van der Waals surface area contributed by atoms with Gasteiger partial charge in [0.1, 0.15) is 6.10 Å². The normalized spacial score (nSPS) is 11.9. The molecule has 18 heavy (non-hydrogen) atoms. The fourth-order valence-electron chi connectivity index (χ4n) is 1.50. The Hall–Kier alpha value is -1.88. The zero-order valence-corrected chi connectivity index (χ0v) is 10.7. The zero-order chi connectivity index (χ0) is 13.7. The van der Waals surface area contributed by atoms with Crippen LogP contribution in [0.3, 0.4) is 0 Å². The highest BCUT2D eigenvalue weighted by molar-refractivity contribution is 5.96. The highest BCUT2D eigenvalue weighted by Crippen LogP contribution is 2.15. The van der Waals surface area contributed by atoms with Gasteiger partial charge >= 0.3 is 5.97 Å². The average Bonchev–Trinajstić information content (AvgIpc) is 2.31. The second-order valence-electron chi connectivity index (χ2n) is 3.92. The van der Waals surface area contributed by atoms with Gasteiger partial charge < -0.3 is 15.2 Å². The highest BCUT2D eigenvalue weighted by Gasteiger charge is 2.14. The Kier molecular flexibility index (Phi) is 4.85. The van der Waals surface area contributed by atoms with Gasteiger partial charge in [0.25, 0.3) is 5.91 Å². The molecular formula is C13H17NO4. The standard InChI is InChI=1S/C13H17NO4/c1-4-18-9(3)12(15)14-10-6-5-8(2)11(7-10)13(16)17/h5-7,9H,4H2,1-3H3,(H,14,15)(H,16,17). The predicted molar refractivity (Wildman–Crippen MR) is 67.9 cm³/mol. The summed E-state index contributed by atoms with van der Waals surface area (Å²) in [5.41, 5.74) is 1.28. The van der Waals surface area contributed by atoms with Crippen molar-refractivity contribution in [2.45, 2.75) is 26.9 Å². The number of aryl methyl sites for hydroxylation is 1. The summed E-state index contributed by atoms with van der Waals surface area (Å²) in [6.07, 6.45) is -0.565. The zero-order valence-electron chi connectivity index (χ0n) is 10.7. The summed E-state index contributed by atoms with van der Waals surface area (Å²) in [5.74, 6) is -1.31. The Bertz CT molecular complexity index is 456. The lowest BCUT2D eigenvalue weighted by molar-refractivity contribution is -0.126. The molecule has 98 valence electrons. The molecule has 1 unspecified atom stereocenters. The van der Waals surface area contributed by atoms with Crippen molar-refractivity contribution in [1.29, 1.82) is 0 Å². The monoisotopic (exact) mass is 251 g/mol. The van der Waals surface area contributed by atoms with Crippen LogP contribution >= 0.6 is 0 Å². The van der Waals surface area contributed by atoms with Crippen molar-refractivity contribution < 1.29 is 19.4 Å². The van der Waals surface area contributed by atoms with Crippen molar-refractivity contribution in [3.8, 4) is 0 Å². The number of hydrogen-bond acceptors (Lipinski definition) is 3. The van der Waals surface area contributed by atoms with E-state index in [9.17, 15) is 9.59 Å². The van der Waals surface area contributed by atoms with Crippen LogP contribution < -0.4 is 5.32 Å². The van der Waals surface area contributed by atoms with Crippen molar-refractivity contribution in [3.63, 3.8) is 0 Å². The second kappa shape index (κ2) is 6.16. The van der Waals surface area contributed by atoms with Gasteiger partial charge in [-0.1, -0.05) is 6.07 Å². The van der Waals surface area contributed by atoms with Gasteiger partial charge in [-0.25, -0.2) is 4.79 Å². The number of nitrogens with one attached hydrogen (secondary N) is 1. The number of rotatable bonds is 5. The Morgan fingerprint density at radius 3 is 2.67 bits per heavy atom. The molecule has 5 nitrogen and oxygen atoms in total. The van der Waals surface area contributed by atoms with Gasteiger partial charge in [0.15, 0.2) is 0 Å². The number of aromatic carboxylic acids is 1. The van der Waals surface area contributed by atoms with Crippen LogP contribution in [0.4, 0.5) is 5.69 Å². The van der Waals surface area contributed by atoms with Gasteiger partial charge in [-0.15, -0.1) is 0 Å². The van der Waals surface area contributed by atoms with E-state index in [1.165, 1.54) is 6.07 Å². The molecule has 1 rings (SSSR count). The van der Waals surface area contributed by atoms with Crippen molar-refractivity contribution in [2.24, 2.45) is 0 Å². The number of benzene rings is 1. The first kappa shape index (κ1) is 14.2. The Morgan fingerprint density at radius 2 is 2.11 bits per heavy atom. The van der Waals surface area contributed by atoms with Crippen LogP contribution in [0.2, 0.25) is 0 Å². The summed E-state index contributed by atoms with van der Waals surface area (Å²) in [6.45, 7) is 5.60. The number of ether oxygens (including phenoxy) is 1. The molecule has 0 bridgehead atoms. The summed E-state index contributed by atoms with van der Waals surface area (Å²) in [5, 5.41) is 11.6. The first-order valence-electron chi connectivity index (χ1n) is 5.72. The van der Waals surface area contributed by atoms with Crippen molar-refractivity contribution in [2.75, 3.05) is 11.9 Å². The van der Waals surface area contributed by atoms with Crippen molar-refractivity contribution in [1.82, 2.24) is 0 Å². The van der Waals surface area contributed by atoms with E-state index < -0.39 is 12.1 Å². The van der Waals surface area contributed by atoms with Crippen molar-refractivity contribution in [3.05, 3.63) is 29.3 Å². The molecule has 0 aliphatic rings. The molecule has 0 radical (unpaired) electrons. The molecule has 1 aromatic carbocycles. The number of hydrogen-bond donors (Lipinski definition) is 2. The molecule has 5 heteroatoms. The number of carboxylic acids is 1. The van der Waals surface area contributed by atoms with E-state index in [2.05, 4.69) is 5.32 Å². The van der Waals surface area contributed by atoms with E-state index in [4.69, 9.17) is 9.84 Å². The first-order valence-corrected chi connectivity index (χ1v) is 5.72. The van der Waals surface area contributed by atoms with Gasteiger partial charge in [-0.2, -0.15) is 0 Å². The maximum Gasteiger partial charge on any atom is 0.336 e. The summed E-state index contributed by atoms with van der Waals surface area (Å²) in [4.78, 5) is 22.6. The van der Waals surface area contributed by atoms with E-state index >= 15 is 0 Å².